The van der Waals surface area contributed by atoms with Gasteiger partial charge in [-0.05, 0) is 25.1 Å². The van der Waals surface area contributed by atoms with E-state index in [1.54, 1.807) is 0 Å². The van der Waals surface area contributed by atoms with Crippen LogP contribution < -0.4 is 9.80 Å². The van der Waals surface area contributed by atoms with Gasteiger partial charge in [0, 0.05) is 59.2 Å². The molecule has 134 valence electrons. The average molecular weight is 339 g/mol. The van der Waals surface area contributed by atoms with Gasteiger partial charge in [0.05, 0.1) is 11.4 Å². The third-order valence-electron chi connectivity index (χ3n) is 4.51. The normalized spacial score (nSPS) is 17.6. The number of allylic oxidation sites excluding steroid dienone is 1. The first-order valence-electron chi connectivity index (χ1n) is 8.28. The van der Waals surface area contributed by atoms with Gasteiger partial charge in [0.1, 0.15) is 5.82 Å². The second kappa shape index (κ2) is 7.05. The van der Waals surface area contributed by atoms with E-state index in [4.69, 9.17) is 4.99 Å². The van der Waals surface area contributed by atoms with E-state index >= 15 is 0 Å². The van der Waals surface area contributed by atoms with Crippen molar-refractivity contribution in [2.75, 3.05) is 52.1 Å². The van der Waals surface area contributed by atoms with Crippen molar-refractivity contribution < 1.29 is 0 Å². The third kappa shape index (κ3) is 3.40. The lowest BCUT2D eigenvalue weighted by atomic mass is 10.1. The Kier molecular flexibility index (Phi) is 5.26. The predicted octanol–water partition coefficient (Wildman–Crippen LogP) is 3.44. The van der Waals surface area contributed by atoms with Crippen molar-refractivity contribution in [3.8, 4) is 0 Å². The molecule has 0 unspecified atom stereocenters. The van der Waals surface area contributed by atoms with Crippen molar-refractivity contribution in [1.29, 1.82) is 0 Å². The summed E-state index contributed by atoms with van der Waals surface area (Å²) in [5, 5.41) is 0. The number of nitrogens with zero attached hydrogens (tertiary/aromatic N) is 5. The van der Waals surface area contributed by atoms with E-state index in [1.807, 2.05) is 54.1 Å². The first kappa shape index (κ1) is 18.6. The highest BCUT2D eigenvalue weighted by Gasteiger charge is 2.27. The summed E-state index contributed by atoms with van der Waals surface area (Å²) in [7, 11) is 12.0. The van der Waals surface area contributed by atoms with E-state index in [0.717, 1.165) is 34.2 Å². The number of hydrogen-bond acceptors (Lipinski definition) is 4. The number of anilines is 2. The summed E-state index contributed by atoms with van der Waals surface area (Å²) in [4.78, 5) is 13.0. The van der Waals surface area contributed by atoms with E-state index in [-0.39, 0.29) is 0 Å². The van der Waals surface area contributed by atoms with Crippen LogP contribution >= 0.6 is 0 Å². The number of fused-ring (bicyclic) bond motifs is 1. The molecular weight excluding hydrogens is 310 g/mol. The largest absolute Gasteiger partial charge is 0.378 e. The van der Waals surface area contributed by atoms with Crippen LogP contribution in [-0.2, 0) is 0 Å². The fourth-order valence-corrected chi connectivity index (χ4v) is 2.76. The summed E-state index contributed by atoms with van der Waals surface area (Å²) < 4.78 is 0. The fourth-order valence-electron chi connectivity index (χ4n) is 2.76. The quantitative estimate of drug-likeness (QED) is 0.842. The molecule has 5 nitrogen and oxygen atoms in total. The zero-order valence-corrected chi connectivity index (χ0v) is 16.5. The minimum Gasteiger partial charge on any atom is -0.378 e. The van der Waals surface area contributed by atoms with Crippen LogP contribution in [0.15, 0.2) is 53.9 Å². The fraction of sp³-hybridized carbons (Fsp3) is 0.350. The maximum absolute atomic E-state index is 4.80. The molecular formula is C20H29N5. The molecule has 0 spiro atoms. The maximum atomic E-state index is 4.80. The summed E-state index contributed by atoms with van der Waals surface area (Å²) in [5.74, 6) is 1.55. The van der Waals surface area contributed by atoms with Gasteiger partial charge >= 0.3 is 0 Å². The highest BCUT2D eigenvalue weighted by Crippen LogP contribution is 2.37. The Morgan fingerprint density at radius 1 is 1.12 bits per heavy atom. The molecule has 0 amide bonds. The smallest absolute Gasteiger partial charge is 0.158 e. The second-order valence-corrected chi connectivity index (χ2v) is 6.58. The number of likely N-dealkylation sites (N-methyl/N-ethyl adjacent to an activating group) is 2. The Bertz CT molecular complexity index is 755. The maximum Gasteiger partial charge on any atom is 0.158 e. The monoisotopic (exact) mass is 339 g/mol. The molecule has 0 atom stereocenters. The van der Waals surface area contributed by atoms with Crippen LogP contribution in [0.1, 0.15) is 12.5 Å². The summed E-state index contributed by atoms with van der Waals surface area (Å²) in [5.41, 5.74) is 5.25. The highest BCUT2D eigenvalue weighted by molar-refractivity contribution is 6.13. The van der Waals surface area contributed by atoms with Gasteiger partial charge in [-0.2, -0.15) is 0 Å². The molecule has 0 radical (unpaired) electrons. The van der Waals surface area contributed by atoms with Gasteiger partial charge in [0.15, 0.2) is 5.84 Å². The van der Waals surface area contributed by atoms with Crippen molar-refractivity contribution in [3.05, 3.63) is 54.5 Å². The van der Waals surface area contributed by atoms with Crippen molar-refractivity contribution in [2.24, 2.45) is 4.99 Å². The Labute approximate surface area is 151 Å². The van der Waals surface area contributed by atoms with Gasteiger partial charge < -0.3 is 19.6 Å². The molecule has 25 heavy (non-hydrogen) atoms. The zero-order chi connectivity index (χ0) is 18.9. The van der Waals surface area contributed by atoms with E-state index < -0.39 is 0 Å². The zero-order valence-electron chi connectivity index (χ0n) is 16.5. The van der Waals surface area contributed by atoms with Crippen molar-refractivity contribution in [2.45, 2.75) is 6.92 Å². The molecule has 1 aromatic carbocycles. The molecule has 1 aliphatic heterocycles. The lowest BCUT2D eigenvalue weighted by Gasteiger charge is -2.26. The van der Waals surface area contributed by atoms with E-state index in [2.05, 4.69) is 52.1 Å². The summed E-state index contributed by atoms with van der Waals surface area (Å²) in [6, 6.07) is 6.40. The van der Waals surface area contributed by atoms with Gasteiger partial charge in [-0.25, -0.2) is 4.99 Å². The lowest BCUT2D eigenvalue weighted by molar-refractivity contribution is 0.508. The summed E-state index contributed by atoms with van der Waals surface area (Å²) >= 11 is 0. The van der Waals surface area contributed by atoms with Gasteiger partial charge in [-0.3, -0.25) is 0 Å². The number of benzene rings is 1. The minimum absolute atomic E-state index is 0.701. The van der Waals surface area contributed by atoms with Crippen LogP contribution in [0.3, 0.4) is 0 Å². The van der Waals surface area contributed by atoms with Gasteiger partial charge in [-0.1, -0.05) is 19.2 Å². The van der Waals surface area contributed by atoms with Crippen molar-refractivity contribution >= 4 is 22.9 Å². The summed E-state index contributed by atoms with van der Waals surface area (Å²) in [6.07, 6.45) is 2.06. The molecule has 2 rings (SSSR count). The van der Waals surface area contributed by atoms with Crippen LogP contribution in [0, 0.1) is 0 Å². The lowest BCUT2D eigenvalue weighted by Crippen LogP contribution is -2.32. The number of rotatable bonds is 3. The van der Waals surface area contributed by atoms with E-state index in [0.29, 0.717) is 5.82 Å². The molecule has 0 saturated heterocycles. The van der Waals surface area contributed by atoms with Crippen molar-refractivity contribution in [1.82, 2.24) is 9.80 Å². The topological polar surface area (TPSA) is 25.3 Å². The number of hydrogen-bond donors (Lipinski definition) is 0. The van der Waals surface area contributed by atoms with Crippen LogP contribution in [-0.4, -0.2) is 57.9 Å². The van der Waals surface area contributed by atoms with Crippen LogP contribution in [0.25, 0.3) is 5.70 Å². The molecule has 0 saturated carbocycles. The molecule has 5 heteroatoms. The molecule has 0 fully saturated rings. The van der Waals surface area contributed by atoms with Crippen LogP contribution in [0.2, 0.25) is 0 Å². The average Bonchev–Trinajstić information content (AvgIpc) is 2.64. The Morgan fingerprint density at radius 2 is 1.76 bits per heavy atom. The SMILES string of the molecule is C=C(N=C1/C(=C\C)N(C)C(=C)c2ccc(N(C)C)cc2N1C)N(C)C. The minimum atomic E-state index is 0.701. The Morgan fingerprint density at radius 3 is 2.28 bits per heavy atom. The molecule has 1 aromatic rings. The Hall–Kier alpha value is -2.69. The molecule has 0 aromatic heterocycles. The molecule has 0 N–H and O–H groups in total. The Balaban J connectivity index is 2.72. The van der Waals surface area contributed by atoms with Gasteiger partial charge in [0.2, 0.25) is 0 Å². The molecule has 0 bridgehead atoms. The predicted molar refractivity (Wildman–Crippen MR) is 110 cm³/mol. The molecule has 0 aliphatic carbocycles. The molecule has 1 aliphatic rings. The number of amidine groups is 1. The third-order valence-corrected chi connectivity index (χ3v) is 4.51. The number of aliphatic imine (C=N–C) groups is 1. The van der Waals surface area contributed by atoms with Crippen molar-refractivity contribution in [3.63, 3.8) is 0 Å². The van der Waals surface area contributed by atoms with E-state index in [1.165, 1.54) is 0 Å². The van der Waals surface area contributed by atoms with Gasteiger partial charge in [-0.15, -0.1) is 0 Å². The van der Waals surface area contributed by atoms with Gasteiger partial charge in [0.25, 0.3) is 0 Å². The first-order chi connectivity index (χ1) is 11.7. The molecule has 1 heterocycles. The first-order valence-corrected chi connectivity index (χ1v) is 8.28. The summed E-state index contributed by atoms with van der Waals surface area (Å²) in [6.45, 7) is 10.4. The second-order valence-electron chi connectivity index (χ2n) is 6.58. The standard InChI is InChI=1S/C20H29N5/c1-10-18-20(21-15(3)22(4)5)25(9)19-13-16(23(6)7)11-12-17(19)14(2)24(18)8/h10-13H,2-3H2,1,4-9H3/b18-10+,21-20?. The van der Waals surface area contributed by atoms with Crippen LogP contribution in [0.5, 0.6) is 0 Å². The van der Waals surface area contributed by atoms with Crippen LogP contribution in [0.4, 0.5) is 11.4 Å². The highest BCUT2D eigenvalue weighted by atomic mass is 15.3. The van der Waals surface area contributed by atoms with E-state index in [9.17, 15) is 0 Å².